The molecule has 2 aromatic heterocycles. The van der Waals surface area contributed by atoms with Crippen LogP contribution in [-0.2, 0) is 14.3 Å². The van der Waals surface area contributed by atoms with E-state index >= 15 is 0 Å². The van der Waals surface area contributed by atoms with E-state index in [1.165, 1.54) is 39.5 Å². The summed E-state index contributed by atoms with van der Waals surface area (Å²) in [7, 11) is 2.66. The summed E-state index contributed by atoms with van der Waals surface area (Å²) in [4.78, 5) is 46.7. The maximum absolute atomic E-state index is 12.3. The van der Waals surface area contributed by atoms with Gasteiger partial charge in [-0.25, -0.2) is 4.79 Å². The van der Waals surface area contributed by atoms with E-state index in [-0.39, 0.29) is 22.7 Å². The smallest absolute Gasteiger partial charge is 0.433 e. The molecular formula is C18H16N4O5. The Balaban J connectivity index is 2.34. The highest BCUT2D eigenvalue weighted by atomic mass is 16.5. The zero-order valence-corrected chi connectivity index (χ0v) is 14.8. The molecule has 0 atom stereocenters. The second kappa shape index (κ2) is 7.24. The lowest BCUT2D eigenvalue weighted by atomic mass is 10.1. The number of amides is 2. The Labute approximate surface area is 153 Å². The lowest BCUT2D eigenvalue weighted by Crippen LogP contribution is -2.14. The standard InChI is InChI=1S/C18H16N4O5/c1-9(23)20-13-7-12(22-18(25)27-3)16-15-10(8-19-16)6-11(21-17(13)15)14(24)4-5-26-2/h4-8,21H,1-3H3,(H,20,23)/b5-4-,22-12+. The molecular weight excluding hydrogens is 352 g/mol. The summed E-state index contributed by atoms with van der Waals surface area (Å²) < 4.78 is 9.35. The number of ether oxygens (including phenoxy) is 2. The summed E-state index contributed by atoms with van der Waals surface area (Å²) in [5.74, 6) is -0.631. The number of ketones is 1. The van der Waals surface area contributed by atoms with E-state index in [0.29, 0.717) is 27.5 Å². The van der Waals surface area contributed by atoms with Gasteiger partial charge < -0.3 is 19.8 Å². The molecule has 0 unspecified atom stereocenters. The number of allylic oxidation sites excluding steroid dienone is 1. The van der Waals surface area contributed by atoms with Crippen LogP contribution >= 0.6 is 0 Å². The summed E-state index contributed by atoms with van der Waals surface area (Å²) in [6, 6.07) is 3.13. The maximum atomic E-state index is 12.3. The van der Waals surface area contributed by atoms with Crippen molar-refractivity contribution in [3.63, 3.8) is 0 Å². The molecule has 138 valence electrons. The van der Waals surface area contributed by atoms with Crippen molar-refractivity contribution >= 4 is 45.3 Å². The van der Waals surface area contributed by atoms with E-state index < -0.39 is 6.09 Å². The molecule has 9 nitrogen and oxygen atoms in total. The minimum absolute atomic E-state index is 0.250. The van der Waals surface area contributed by atoms with Gasteiger partial charge in [0.1, 0.15) is 0 Å². The van der Waals surface area contributed by atoms with Crippen LogP contribution in [0.1, 0.15) is 17.4 Å². The molecule has 2 N–H and O–H groups in total. The van der Waals surface area contributed by atoms with Crippen LogP contribution in [0.4, 0.5) is 10.5 Å². The Morgan fingerprint density at radius 3 is 2.70 bits per heavy atom. The second-order valence-electron chi connectivity index (χ2n) is 5.60. The van der Waals surface area contributed by atoms with Gasteiger partial charge in [-0.3, -0.25) is 14.6 Å². The first kappa shape index (κ1) is 18.1. The van der Waals surface area contributed by atoms with Gasteiger partial charge >= 0.3 is 6.09 Å². The first-order valence-corrected chi connectivity index (χ1v) is 7.86. The molecule has 0 spiro atoms. The first-order valence-electron chi connectivity index (χ1n) is 7.86. The molecule has 2 amide bonds. The summed E-state index contributed by atoms with van der Waals surface area (Å²) in [6.07, 6.45) is 3.32. The Bertz CT molecular complexity index is 1150. The highest BCUT2D eigenvalue weighted by molar-refractivity contribution is 6.16. The van der Waals surface area contributed by atoms with Crippen molar-refractivity contribution in [3.8, 4) is 0 Å². The molecule has 0 saturated heterocycles. The number of rotatable bonds is 4. The molecule has 0 bridgehead atoms. The normalized spacial score (nSPS) is 12.0. The molecule has 0 aliphatic rings. The molecule has 0 saturated carbocycles. The van der Waals surface area contributed by atoms with E-state index in [1.54, 1.807) is 12.3 Å². The van der Waals surface area contributed by atoms with E-state index in [1.807, 2.05) is 0 Å². The second-order valence-corrected chi connectivity index (χ2v) is 5.60. The van der Waals surface area contributed by atoms with Crippen molar-refractivity contribution in [2.45, 2.75) is 6.92 Å². The Kier molecular flexibility index (Phi) is 4.84. The Morgan fingerprint density at radius 1 is 1.26 bits per heavy atom. The highest BCUT2D eigenvalue weighted by Gasteiger charge is 2.16. The van der Waals surface area contributed by atoms with Crippen LogP contribution in [-0.4, -0.2) is 42.0 Å². The van der Waals surface area contributed by atoms with E-state index in [4.69, 9.17) is 4.74 Å². The van der Waals surface area contributed by atoms with Crippen LogP contribution in [0.3, 0.4) is 0 Å². The van der Waals surface area contributed by atoms with Crippen LogP contribution < -0.4 is 10.7 Å². The number of methoxy groups -OCH3 is 2. The average Bonchev–Trinajstić information content (AvgIpc) is 3.07. The maximum Gasteiger partial charge on any atom is 0.433 e. The third-order valence-corrected chi connectivity index (χ3v) is 3.78. The summed E-state index contributed by atoms with van der Waals surface area (Å²) in [6.45, 7) is 1.35. The van der Waals surface area contributed by atoms with Crippen molar-refractivity contribution < 1.29 is 23.9 Å². The van der Waals surface area contributed by atoms with Crippen molar-refractivity contribution in [1.29, 1.82) is 0 Å². The quantitative estimate of drug-likeness (QED) is 0.413. The summed E-state index contributed by atoms with van der Waals surface area (Å²) >= 11 is 0. The highest BCUT2D eigenvalue weighted by Crippen LogP contribution is 2.29. The number of carbonyl (C=O) groups excluding carboxylic acids is 3. The predicted octanol–water partition coefficient (Wildman–Crippen LogP) is 2.12. The number of aromatic amines is 1. The van der Waals surface area contributed by atoms with Crippen molar-refractivity contribution in [2.75, 3.05) is 19.5 Å². The average molecular weight is 368 g/mol. The van der Waals surface area contributed by atoms with Crippen molar-refractivity contribution in [1.82, 2.24) is 9.97 Å². The number of hydrogen-bond donors (Lipinski definition) is 2. The van der Waals surface area contributed by atoms with Crippen LogP contribution in [0, 0.1) is 0 Å². The van der Waals surface area contributed by atoms with E-state index in [0.717, 1.165) is 0 Å². The minimum Gasteiger partial charge on any atom is -0.504 e. The minimum atomic E-state index is -0.788. The monoisotopic (exact) mass is 368 g/mol. The van der Waals surface area contributed by atoms with Crippen LogP contribution in [0.5, 0.6) is 0 Å². The topological polar surface area (TPSA) is 123 Å². The molecule has 3 rings (SSSR count). The number of benzene rings is 1. The number of nitrogens with one attached hydrogen (secondary N) is 2. The number of H-pyrrole nitrogens is 1. The van der Waals surface area contributed by atoms with E-state index in [9.17, 15) is 14.4 Å². The Morgan fingerprint density at radius 2 is 2.04 bits per heavy atom. The largest absolute Gasteiger partial charge is 0.504 e. The molecule has 1 aromatic carbocycles. The molecule has 2 heterocycles. The van der Waals surface area contributed by atoms with Gasteiger partial charge in [0.15, 0.2) is 0 Å². The molecule has 0 fully saturated rings. The fourth-order valence-corrected chi connectivity index (χ4v) is 2.70. The number of anilines is 1. The molecule has 27 heavy (non-hydrogen) atoms. The van der Waals surface area contributed by atoms with Gasteiger partial charge in [-0.15, -0.1) is 0 Å². The van der Waals surface area contributed by atoms with E-state index in [2.05, 4.69) is 25.0 Å². The lowest BCUT2D eigenvalue weighted by Gasteiger charge is -2.10. The third kappa shape index (κ3) is 3.47. The molecule has 0 aliphatic carbocycles. The molecule has 9 heteroatoms. The van der Waals surface area contributed by atoms with Gasteiger partial charge in [-0.1, -0.05) is 0 Å². The summed E-state index contributed by atoms with van der Waals surface area (Å²) in [5, 5.41) is 4.22. The van der Waals surface area contributed by atoms with Crippen molar-refractivity contribution in [2.24, 2.45) is 4.99 Å². The van der Waals surface area contributed by atoms with Gasteiger partial charge in [0.25, 0.3) is 0 Å². The molecule has 3 aromatic rings. The number of pyridine rings is 1. The Hall–Kier alpha value is -3.75. The first-order chi connectivity index (χ1) is 12.9. The van der Waals surface area contributed by atoms with Gasteiger partial charge in [0.2, 0.25) is 11.7 Å². The number of nitrogens with zero attached hydrogens (tertiary/aromatic N) is 2. The fourth-order valence-electron chi connectivity index (χ4n) is 2.70. The zero-order chi connectivity index (χ0) is 19.6. The van der Waals surface area contributed by atoms with Crippen LogP contribution in [0.25, 0.3) is 21.8 Å². The molecule has 0 radical (unpaired) electrons. The number of hydrogen-bond acceptors (Lipinski definition) is 6. The van der Waals surface area contributed by atoms with Gasteiger partial charge in [0, 0.05) is 30.0 Å². The van der Waals surface area contributed by atoms with Gasteiger partial charge in [-0.2, -0.15) is 4.99 Å². The van der Waals surface area contributed by atoms with Crippen molar-refractivity contribution in [3.05, 3.63) is 41.7 Å². The SMILES string of the molecule is CO/C=C\C(=O)c1cc2cnc3/c(=N/C(=O)OC)cc(NC(C)=O)c([nH]1)c23. The zero-order valence-electron chi connectivity index (χ0n) is 14.8. The van der Waals surface area contributed by atoms with Gasteiger partial charge in [0.05, 0.1) is 48.3 Å². The number of aromatic nitrogens is 2. The summed E-state index contributed by atoms with van der Waals surface area (Å²) in [5.41, 5.74) is 1.59. The third-order valence-electron chi connectivity index (χ3n) is 3.78. The van der Waals surface area contributed by atoms with Gasteiger partial charge in [-0.05, 0) is 12.1 Å². The lowest BCUT2D eigenvalue weighted by molar-refractivity contribution is -0.114. The predicted molar refractivity (Wildman–Crippen MR) is 97.5 cm³/mol. The fraction of sp³-hybridized carbons (Fsp3) is 0.167. The van der Waals surface area contributed by atoms with Crippen LogP contribution in [0.2, 0.25) is 0 Å². The molecule has 0 aliphatic heterocycles. The number of carbonyl (C=O) groups is 3. The van der Waals surface area contributed by atoms with Crippen LogP contribution in [0.15, 0.2) is 35.7 Å².